The molecule has 3 heterocycles. The Kier molecular flexibility index (Phi) is 6.50. The maximum absolute atomic E-state index is 12.8. The number of carbonyl (C=O) groups is 1. The largest absolute Gasteiger partial charge is 0.573 e. The Morgan fingerprint density at radius 3 is 2.44 bits per heavy atom. The number of anilines is 2. The normalized spacial score (nSPS) is 15.8. The van der Waals surface area contributed by atoms with Gasteiger partial charge in [0.15, 0.2) is 0 Å². The summed E-state index contributed by atoms with van der Waals surface area (Å²) in [7, 11) is 1.44. The molecule has 2 aromatic heterocycles. The molecule has 1 aliphatic heterocycles. The summed E-state index contributed by atoms with van der Waals surface area (Å²) in [6, 6.07) is 6.60. The number of methoxy groups -OCH3 is 1. The van der Waals surface area contributed by atoms with Crippen LogP contribution in [0.15, 0.2) is 48.9 Å². The summed E-state index contributed by atoms with van der Waals surface area (Å²) >= 11 is 0. The molecule has 12 heteroatoms. The number of benzene rings is 1. The molecule has 0 spiro atoms. The van der Waals surface area contributed by atoms with Gasteiger partial charge in [0.1, 0.15) is 11.6 Å². The number of halogens is 3. The van der Waals surface area contributed by atoms with Crippen molar-refractivity contribution in [2.24, 2.45) is 0 Å². The van der Waals surface area contributed by atoms with Crippen LogP contribution in [0.25, 0.3) is 11.1 Å². The van der Waals surface area contributed by atoms with Gasteiger partial charge in [-0.05, 0) is 36.8 Å². The van der Waals surface area contributed by atoms with Crippen LogP contribution >= 0.6 is 0 Å². The number of rotatable bonds is 6. The van der Waals surface area contributed by atoms with Crippen molar-refractivity contribution in [1.82, 2.24) is 15.0 Å². The average Bonchev–Trinajstić information content (AvgIpc) is 3.25. The van der Waals surface area contributed by atoms with E-state index in [4.69, 9.17) is 4.74 Å². The van der Waals surface area contributed by atoms with Gasteiger partial charge in [0.25, 0.3) is 5.91 Å². The summed E-state index contributed by atoms with van der Waals surface area (Å²) in [5.74, 6) is -0.345. The van der Waals surface area contributed by atoms with E-state index in [2.05, 4.69) is 25.0 Å². The fraction of sp³-hybridized carbons (Fsp3) is 0.273. The zero-order chi connectivity index (χ0) is 24.3. The van der Waals surface area contributed by atoms with Crippen LogP contribution < -0.4 is 19.7 Å². The number of pyridine rings is 1. The van der Waals surface area contributed by atoms with E-state index in [1.807, 2.05) is 4.90 Å². The molecule has 0 radical (unpaired) electrons. The minimum atomic E-state index is -4.80. The first-order valence-electron chi connectivity index (χ1n) is 10.2. The van der Waals surface area contributed by atoms with Crippen LogP contribution in [0.5, 0.6) is 11.8 Å². The van der Waals surface area contributed by atoms with Crippen molar-refractivity contribution >= 4 is 17.4 Å². The smallest absolute Gasteiger partial charge is 0.467 e. The fourth-order valence-electron chi connectivity index (χ4n) is 3.48. The van der Waals surface area contributed by atoms with Crippen LogP contribution in [0.1, 0.15) is 16.8 Å². The molecular formula is C22H20F3N5O4. The molecule has 3 aromatic rings. The Morgan fingerprint density at radius 2 is 1.85 bits per heavy atom. The SMILES string of the molecule is COc1ncc(-c2cc(C(=O)Nc3ccc(OC(F)(F)F)cc3)cnc2N2CC[C@@H](O)C2)cn1. The van der Waals surface area contributed by atoms with E-state index in [0.717, 1.165) is 12.1 Å². The van der Waals surface area contributed by atoms with E-state index in [-0.39, 0.29) is 17.3 Å². The number of alkyl halides is 3. The Balaban J connectivity index is 1.59. The topological polar surface area (TPSA) is 110 Å². The standard InChI is InChI=1S/C22H20F3N5O4/c1-33-21-27-10-14(11-28-21)18-8-13(9-26-19(18)30-7-6-16(31)12-30)20(32)29-15-2-4-17(5-3-15)34-22(23,24)25/h2-5,8-11,16,31H,6-7,12H2,1H3,(H,29,32)/t16-/m1/s1. The van der Waals surface area contributed by atoms with Crippen molar-refractivity contribution in [2.75, 3.05) is 30.4 Å². The van der Waals surface area contributed by atoms with Gasteiger partial charge in [-0.25, -0.2) is 15.0 Å². The van der Waals surface area contributed by atoms with Gasteiger partial charge in [-0.15, -0.1) is 13.2 Å². The van der Waals surface area contributed by atoms with Crippen molar-refractivity contribution in [1.29, 1.82) is 0 Å². The quantitative estimate of drug-likeness (QED) is 0.559. The maximum atomic E-state index is 12.8. The lowest BCUT2D eigenvalue weighted by molar-refractivity contribution is -0.274. The monoisotopic (exact) mass is 475 g/mol. The number of aliphatic hydroxyl groups is 1. The first kappa shape index (κ1) is 23.2. The second-order valence-corrected chi connectivity index (χ2v) is 7.47. The molecule has 1 aliphatic rings. The second kappa shape index (κ2) is 9.51. The van der Waals surface area contributed by atoms with Gasteiger partial charge < -0.3 is 24.8 Å². The van der Waals surface area contributed by atoms with Gasteiger partial charge in [0, 0.05) is 48.5 Å². The number of β-amino-alcohol motifs (C(OH)–C–C–N with tert-alkyl or cyclic N) is 1. The number of hydrogen-bond donors (Lipinski definition) is 2. The third-order valence-electron chi connectivity index (χ3n) is 5.06. The molecule has 0 saturated carbocycles. The highest BCUT2D eigenvalue weighted by Crippen LogP contribution is 2.32. The maximum Gasteiger partial charge on any atom is 0.573 e. The minimum absolute atomic E-state index is 0.182. The van der Waals surface area contributed by atoms with Crippen molar-refractivity contribution in [3.63, 3.8) is 0 Å². The highest BCUT2D eigenvalue weighted by atomic mass is 19.4. The number of hydrogen-bond acceptors (Lipinski definition) is 8. The third kappa shape index (κ3) is 5.52. The Labute approximate surface area is 192 Å². The van der Waals surface area contributed by atoms with E-state index in [0.29, 0.717) is 36.5 Å². The molecule has 1 amide bonds. The second-order valence-electron chi connectivity index (χ2n) is 7.47. The average molecular weight is 475 g/mol. The molecule has 178 valence electrons. The van der Waals surface area contributed by atoms with Gasteiger partial charge in [-0.2, -0.15) is 0 Å². The molecule has 1 fully saturated rings. The van der Waals surface area contributed by atoms with Crippen LogP contribution in [0, 0.1) is 0 Å². The number of ether oxygens (including phenoxy) is 2. The Hall–Kier alpha value is -3.93. The number of carbonyl (C=O) groups excluding carboxylic acids is 1. The number of nitrogens with one attached hydrogen (secondary N) is 1. The summed E-state index contributed by atoms with van der Waals surface area (Å²) in [6.45, 7) is 0.991. The molecule has 34 heavy (non-hydrogen) atoms. The predicted molar refractivity (Wildman–Crippen MR) is 116 cm³/mol. The van der Waals surface area contributed by atoms with Gasteiger partial charge in [-0.3, -0.25) is 4.79 Å². The molecule has 0 bridgehead atoms. The summed E-state index contributed by atoms with van der Waals surface area (Å²) in [6.07, 6.45) is -0.208. The van der Waals surface area contributed by atoms with Crippen molar-refractivity contribution in [3.05, 3.63) is 54.5 Å². The van der Waals surface area contributed by atoms with Gasteiger partial charge in [-0.1, -0.05) is 0 Å². The zero-order valence-electron chi connectivity index (χ0n) is 17.9. The fourth-order valence-corrected chi connectivity index (χ4v) is 3.48. The lowest BCUT2D eigenvalue weighted by Crippen LogP contribution is -2.23. The van der Waals surface area contributed by atoms with Crippen LogP contribution in [0.4, 0.5) is 24.7 Å². The number of aliphatic hydroxyl groups excluding tert-OH is 1. The third-order valence-corrected chi connectivity index (χ3v) is 5.06. The van der Waals surface area contributed by atoms with E-state index in [1.165, 1.54) is 25.4 Å². The lowest BCUT2D eigenvalue weighted by atomic mass is 10.1. The van der Waals surface area contributed by atoms with Crippen LogP contribution in [0.2, 0.25) is 0 Å². The molecule has 0 unspecified atom stereocenters. The van der Waals surface area contributed by atoms with E-state index >= 15 is 0 Å². The first-order chi connectivity index (χ1) is 16.2. The molecule has 0 aliphatic carbocycles. The summed E-state index contributed by atoms with van der Waals surface area (Å²) in [4.78, 5) is 27.4. The molecule has 1 saturated heterocycles. The molecule has 9 nitrogen and oxygen atoms in total. The zero-order valence-corrected chi connectivity index (χ0v) is 17.9. The van der Waals surface area contributed by atoms with E-state index in [9.17, 15) is 23.1 Å². The summed E-state index contributed by atoms with van der Waals surface area (Å²) in [5, 5.41) is 12.6. The predicted octanol–water partition coefficient (Wildman–Crippen LogP) is 3.27. The lowest BCUT2D eigenvalue weighted by Gasteiger charge is -2.21. The Bertz CT molecular complexity index is 1160. The highest BCUT2D eigenvalue weighted by molar-refractivity contribution is 6.05. The van der Waals surface area contributed by atoms with Crippen LogP contribution in [-0.2, 0) is 0 Å². The first-order valence-corrected chi connectivity index (χ1v) is 10.2. The van der Waals surface area contributed by atoms with Crippen molar-refractivity contribution in [3.8, 4) is 22.9 Å². The molecule has 1 aromatic carbocycles. The molecule has 4 rings (SSSR count). The van der Waals surface area contributed by atoms with E-state index in [1.54, 1.807) is 18.5 Å². The van der Waals surface area contributed by atoms with Gasteiger partial charge in [0.2, 0.25) is 0 Å². The number of nitrogens with zero attached hydrogens (tertiary/aromatic N) is 4. The highest BCUT2D eigenvalue weighted by Gasteiger charge is 2.31. The molecule has 1 atom stereocenters. The van der Waals surface area contributed by atoms with Gasteiger partial charge in [0.05, 0.1) is 18.8 Å². The number of aromatic nitrogens is 3. The molecular weight excluding hydrogens is 455 g/mol. The van der Waals surface area contributed by atoms with E-state index < -0.39 is 24.1 Å². The van der Waals surface area contributed by atoms with Crippen molar-refractivity contribution in [2.45, 2.75) is 18.9 Å². The molecule has 2 N–H and O–H groups in total. The van der Waals surface area contributed by atoms with Crippen LogP contribution in [0.3, 0.4) is 0 Å². The summed E-state index contributed by atoms with van der Waals surface area (Å²) < 4.78 is 45.8. The minimum Gasteiger partial charge on any atom is -0.467 e. The van der Waals surface area contributed by atoms with Crippen molar-refractivity contribution < 1.29 is 32.5 Å². The van der Waals surface area contributed by atoms with Crippen LogP contribution in [-0.4, -0.2) is 58.6 Å². The number of amides is 1. The van der Waals surface area contributed by atoms with Gasteiger partial charge >= 0.3 is 12.4 Å². The summed E-state index contributed by atoms with van der Waals surface area (Å²) in [5.41, 5.74) is 1.66. The Morgan fingerprint density at radius 1 is 1.15 bits per heavy atom.